The van der Waals surface area contributed by atoms with Gasteiger partial charge in [-0.1, -0.05) is 0 Å². The van der Waals surface area contributed by atoms with Crippen LogP contribution in [-0.4, -0.2) is 16.9 Å². The van der Waals surface area contributed by atoms with Crippen molar-refractivity contribution in [3.05, 3.63) is 39.0 Å². The maximum Gasteiger partial charge on any atom is 0.345 e. The fraction of sp³-hybridized carbons (Fsp3) is 0.167. The summed E-state index contributed by atoms with van der Waals surface area (Å²) in [5, 5.41) is 11.7. The number of nitrogens with one attached hydrogen (secondary N) is 1. The number of carboxylic acids is 1. The largest absolute Gasteiger partial charge is 0.477 e. The highest BCUT2D eigenvalue weighted by Crippen LogP contribution is 2.33. The normalized spacial score (nSPS) is 16.5. The van der Waals surface area contributed by atoms with Crippen LogP contribution < -0.4 is 5.32 Å². The van der Waals surface area contributed by atoms with Gasteiger partial charge in [-0.2, -0.15) is 0 Å². The van der Waals surface area contributed by atoms with Crippen LogP contribution in [0.3, 0.4) is 0 Å². The monoisotopic (exact) mass is 295 g/mol. The number of aliphatic carboxylic acids is 1. The van der Waals surface area contributed by atoms with Crippen molar-refractivity contribution in [2.24, 2.45) is 0 Å². The quantitative estimate of drug-likeness (QED) is 0.782. The van der Waals surface area contributed by atoms with E-state index in [0.717, 1.165) is 11.1 Å². The molecule has 0 atom stereocenters. The number of Topliss-reactive ketones (excluding diaryl/α,β-unsaturated/α-hetero) is 1. The molecular weight excluding hydrogens is 286 g/mol. The van der Waals surface area contributed by atoms with Gasteiger partial charge in [0.15, 0.2) is 0 Å². The molecule has 2 N–H and O–H groups in total. The molecule has 0 spiro atoms. The fourth-order valence-corrected chi connectivity index (χ4v) is 1.97. The van der Waals surface area contributed by atoms with Crippen LogP contribution >= 0.6 is 15.9 Å². The molecule has 0 bridgehead atoms. The Balaban J connectivity index is 2.57. The molecule has 1 aromatic rings. The number of aryl methyl sites for hydroxylation is 2. The van der Waals surface area contributed by atoms with E-state index in [1.54, 1.807) is 6.07 Å². The Morgan fingerprint density at radius 1 is 1.29 bits per heavy atom. The maximum atomic E-state index is 12.0. The van der Waals surface area contributed by atoms with Gasteiger partial charge in [-0.3, -0.25) is 4.79 Å². The SMILES string of the molecule is Cc1cc2c(cc1C)C(=O)C(=C(Br)C(=O)O)N2. The summed E-state index contributed by atoms with van der Waals surface area (Å²) in [5.74, 6) is -1.46. The highest BCUT2D eigenvalue weighted by atomic mass is 79.9. The number of carbonyl (C=O) groups is 2. The zero-order valence-corrected chi connectivity index (χ0v) is 10.9. The van der Waals surface area contributed by atoms with Gasteiger partial charge in [-0.15, -0.1) is 0 Å². The predicted octanol–water partition coefficient (Wildman–Crippen LogP) is 2.60. The molecule has 0 aromatic heterocycles. The second-order valence-corrected chi connectivity index (χ2v) is 4.72. The lowest BCUT2D eigenvalue weighted by Gasteiger charge is -2.03. The van der Waals surface area contributed by atoms with Gasteiger partial charge in [0.25, 0.3) is 0 Å². The van der Waals surface area contributed by atoms with Crippen LogP contribution in [0.5, 0.6) is 0 Å². The average Bonchev–Trinajstić information content (AvgIpc) is 2.56. The molecule has 2 rings (SSSR count). The van der Waals surface area contributed by atoms with E-state index in [-0.39, 0.29) is 16.0 Å². The van der Waals surface area contributed by atoms with Crippen LogP contribution in [0.1, 0.15) is 21.5 Å². The van der Waals surface area contributed by atoms with Gasteiger partial charge in [-0.25, -0.2) is 4.79 Å². The number of rotatable bonds is 1. The van der Waals surface area contributed by atoms with E-state index < -0.39 is 5.97 Å². The highest BCUT2D eigenvalue weighted by Gasteiger charge is 2.29. The molecule has 88 valence electrons. The molecule has 0 amide bonds. The van der Waals surface area contributed by atoms with Crippen LogP contribution in [0, 0.1) is 13.8 Å². The van der Waals surface area contributed by atoms with Crippen molar-refractivity contribution in [1.29, 1.82) is 0 Å². The van der Waals surface area contributed by atoms with Gasteiger partial charge in [0.1, 0.15) is 10.2 Å². The minimum Gasteiger partial charge on any atom is -0.477 e. The van der Waals surface area contributed by atoms with Gasteiger partial charge in [0, 0.05) is 5.56 Å². The van der Waals surface area contributed by atoms with Gasteiger partial charge in [0.05, 0.1) is 5.69 Å². The van der Waals surface area contributed by atoms with Crippen molar-refractivity contribution in [1.82, 2.24) is 0 Å². The molecule has 17 heavy (non-hydrogen) atoms. The van der Waals surface area contributed by atoms with Crippen molar-refractivity contribution in [2.45, 2.75) is 13.8 Å². The Morgan fingerprint density at radius 2 is 1.88 bits per heavy atom. The summed E-state index contributed by atoms with van der Waals surface area (Å²) in [6.07, 6.45) is 0. The highest BCUT2D eigenvalue weighted by molar-refractivity contribution is 9.12. The summed E-state index contributed by atoms with van der Waals surface area (Å²) >= 11 is 2.90. The number of ketones is 1. The molecule has 1 aliphatic rings. The lowest BCUT2D eigenvalue weighted by atomic mass is 10.0. The van der Waals surface area contributed by atoms with E-state index in [2.05, 4.69) is 21.2 Å². The molecule has 1 aromatic carbocycles. The molecule has 5 heteroatoms. The number of benzene rings is 1. The third-order valence-corrected chi connectivity index (χ3v) is 3.51. The van der Waals surface area contributed by atoms with E-state index in [4.69, 9.17) is 5.11 Å². The number of carboxylic acid groups (broad SMARTS) is 1. The van der Waals surface area contributed by atoms with Crippen molar-refractivity contribution >= 4 is 33.4 Å². The number of anilines is 1. The molecule has 4 nitrogen and oxygen atoms in total. The van der Waals surface area contributed by atoms with Gasteiger partial charge < -0.3 is 10.4 Å². The van der Waals surface area contributed by atoms with Crippen molar-refractivity contribution in [3.63, 3.8) is 0 Å². The molecular formula is C12H10BrNO3. The molecule has 0 aliphatic carbocycles. The predicted molar refractivity (Wildman–Crippen MR) is 67.5 cm³/mol. The smallest absolute Gasteiger partial charge is 0.345 e. The number of carbonyl (C=O) groups excluding carboxylic acids is 1. The van der Waals surface area contributed by atoms with E-state index in [9.17, 15) is 9.59 Å². The van der Waals surface area contributed by atoms with E-state index in [1.165, 1.54) is 0 Å². The van der Waals surface area contributed by atoms with Gasteiger partial charge >= 0.3 is 5.97 Å². The summed E-state index contributed by atoms with van der Waals surface area (Å²) in [6.45, 7) is 3.85. The average molecular weight is 296 g/mol. The first-order chi connectivity index (χ1) is 7.91. The summed E-state index contributed by atoms with van der Waals surface area (Å²) in [7, 11) is 0. The van der Waals surface area contributed by atoms with E-state index >= 15 is 0 Å². The molecule has 0 unspecified atom stereocenters. The lowest BCUT2D eigenvalue weighted by Crippen LogP contribution is -2.08. The summed E-state index contributed by atoms with van der Waals surface area (Å²) in [4.78, 5) is 22.8. The molecule has 0 fully saturated rings. The molecule has 1 aliphatic heterocycles. The Morgan fingerprint density at radius 3 is 2.47 bits per heavy atom. The zero-order valence-electron chi connectivity index (χ0n) is 9.30. The number of hydrogen-bond donors (Lipinski definition) is 2. The van der Waals surface area contributed by atoms with E-state index in [0.29, 0.717) is 11.3 Å². The summed E-state index contributed by atoms with van der Waals surface area (Å²) in [6, 6.07) is 3.62. The summed E-state index contributed by atoms with van der Waals surface area (Å²) in [5.41, 5.74) is 3.31. The second-order valence-electron chi connectivity index (χ2n) is 3.93. The van der Waals surface area contributed by atoms with Gasteiger partial charge in [-0.05, 0) is 53.0 Å². The molecule has 0 radical (unpaired) electrons. The van der Waals surface area contributed by atoms with Crippen molar-refractivity contribution in [2.75, 3.05) is 5.32 Å². The van der Waals surface area contributed by atoms with Crippen LogP contribution in [0.25, 0.3) is 0 Å². The third-order valence-electron chi connectivity index (χ3n) is 2.77. The standard InChI is InChI=1S/C12H10BrNO3/c1-5-3-7-8(4-6(5)2)14-10(11(7)15)9(13)12(16)17/h3-4,14H,1-2H3,(H,16,17). The van der Waals surface area contributed by atoms with Crippen LogP contribution in [0.4, 0.5) is 5.69 Å². The topological polar surface area (TPSA) is 66.4 Å². The van der Waals surface area contributed by atoms with E-state index in [1.807, 2.05) is 19.9 Å². The Hall–Kier alpha value is -1.62. The number of halogens is 1. The van der Waals surface area contributed by atoms with Crippen molar-refractivity contribution in [3.8, 4) is 0 Å². The van der Waals surface area contributed by atoms with Gasteiger partial charge in [0.2, 0.25) is 5.78 Å². The molecule has 0 saturated heterocycles. The maximum absolute atomic E-state index is 12.0. The Labute approximate surface area is 106 Å². The van der Waals surface area contributed by atoms with Crippen molar-refractivity contribution < 1.29 is 14.7 Å². The second kappa shape index (κ2) is 4.00. The third kappa shape index (κ3) is 1.86. The first-order valence-corrected chi connectivity index (χ1v) is 5.77. The minimum absolute atomic E-state index is 0.0810. The van der Waals surface area contributed by atoms with Crippen LogP contribution in [-0.2, 0) is 4.79 Å². The Kier molecular flexibility index (Phi) is 2.79. The Bertz CT molecular complexity index is 575. The number of fused-ring (bicyclic) bond motifs is 1. The number of hydrogen-bond acceptors (Lipinski definition) is 3. The molecule has 0 saturated carbocycles. The summed E-state index contributed by atoms with van der Waals surface area (Å²) < 4.78 is -0.144. The molecule has 1 heterocycles. The minimum atomic E-state index is -1.16. The lowest BCUT2D eigenvalue weighted by molar-refractivity contribution is -0.131. The first-order valence-electron chi connectivity index (χ1n) is 4.98. The first kappa shape index (κ1) is 11.9. The van der Waals surface area contributed by atoms with Crippen LogP contribution in [0.15, 0.2) is 22.3 Å². The van der Waals surface area contributed by atoms with Crippen LogP contribution in [0.2, 0.25) is 0 Å². The zero-order chi connectivity index (χ0) is 12.7. The number of allylic oxidation sites excluding steroid dienone is 1. The fourth-order valence-electron chi connectivity index (χ4n) is 1.70.